The van der Waals surface area contributed by atoms with Gasteiger partial charge < -0.3 is 14.8 Å². The number of rotatable bonds is 8. The number of nitrogens with zero attached hydrogens (tertiary/aromatic N) is 1. The normalized spacial score (nSPS) is 11.9. The number of ether oxygens (including phenoxy) is 2. The molecule has 0 fully saturated rings. The number of aromatic nitrogens is 1. The van der Waals surface area contributed by atoms with E-state index in [9.17, 15) is 31.1 Å². The molecule has 0 radical (unpaired) electrons. The number of carbonyl (C=O) groups excluding carboxylic acids is 1. The molecule has 0 aliphatic carbocycles. The number of amides is 1. The van der Waals surface area contributed by atoms with Gasteiger partial charge in [0.2, 0.25) is 5.88 Å². The maximum atomic E-state index is 12.5. The number of alkyl halides is 6. The van der Waals surface area contributed by atoms with Gasteiger partial charge in [-0.05, 0) is 36.8 Å². The zero-order chi connectivity index (χ0) is 21.5. The van der Waals surface area contributed by atoms with E-state index in [2.05, 4.69) is 15.0 Å². The molecule has 1 amide bonds. The Kier molecular flexibility index (Phi) is 7.43. The lowest BCUT2D eigenvalue weighted by molar-refractivity contribution is -0.173. The molecular weight excluding hydrogens is 406 g/mol. The Morgan fingerprint density at radius 1 is 1.00 bits per heavy atom. The SMILES string of the molecule is O=C(NCCCOCC(F)(F)F)c1ccc(Oc2ccc(C(F)(F)F)cn2)cc1. The standard InChI is InChI=1S/C18H16F6N2O3/c19-17(20,21)11-28-9-1-8-25-16(27)12-2-5-14(6-3-12)29-15-7-4-13(10-26-15)18(22,23)24/h2-7,10H,1,8-9,11H2,(H,25,27). The van der Waals surface area contributed by atoms with Crippen molar-refractivity contribution in [2.45, 2.75) is 18.8 Å². The van der Waals surface area contributed by atoms with Crippen molar-refractivity contribution in [3.63, 3.8) is 0 Å². The molecule has 0 bridgehead atoms. The van der Waals surface area contributed by atoms with Crippen molar-refractivity contribution in [3.8, 4) is 11.6 Å². The number of halogens is 6. The minimum atomic E-state index is -4.50. The van der Waals surface area contributed by atoms with E-state index in [4.69, 9.17) is 4.74 Å². The van der Waals surface area contributed by atoms with E-state index in [0.29, 0.717) is 6.20 Å². The molecule has 158 valence electrons. The van der Waals surface area contributed by atoms with Gasteiger partial charge in [0.05, 0.1) is 5.56 Å². The van der Waals surface area contributed by atoms with E-state index in [1.165, 1.54) is 24.3 Å². The number of hydrogen-bond donors (Lipinski definition) is 1. The van der Waals surface area contributed by atoms with Gasteiger partial charge in [0.15, 0.2) is 0 Å². The summed E-state index contributed by atoms with van der Waals surface area (Å²) in [6, 6.07) is 7.62. The van der Waals surface area contributed by atoms with Crippen molar-refractivity contribution < 1.29 is 40.6 Å². The third kappa shape index (κ3) is 7.98. The highest BCUT2D eigenvalue weighted by atomic mass is 19.4. The molecule has 1 heterocycles. The van der Waals surface area contributed by atoms with Crippen LogP contribution in [0.2, 0.25) is 0 Å². The lowest BCUT2D eigenvalue weighted by Crippen LogP contribution is -2.26. The van der Waals surface area contributed by atoms with Crippen LogP contribution >= 0.6 is 0 Å². The molecule has 0 unspecified atom stereocenters. The van der Waals surface area contributed by atoms with Gasteiger partial charge in [-0.1, -0.05) is 0 Å². The maximum Gasteiger partial charge on any atom is 0.417 e. The maximum absolute atomic E-state index is 12.5. The first-order valence-electron chi connectivity index (χ1n) is 8.28. The van der Waals surface area contributed by atoms with Crippen molar-refractivity contribution in [2.75, 3.05) is 19.8 Å². The molecule has 0 aliphatic heterocycles. The number of benzene rings is 1. The first-order valence-corrected chi connectivity index (χ1v) is 8.28. The molecule has 5 nitrogen and oxygen atoms in total. The van der Waals surface area contributed by atoms with Gasteiger partial charge in [-0.2, -0.15) is 26.3 Å². The molecular formula is C18H16F6N2O3. The van der Waals surface area contributed by atoms with Crippen molar-refractivity contribution >= 4 is 5.91 Å². The van der Waals surface area contributed by atoms with Crippen LogP contribution in [0.15, 0.2) is 42.6 Å². The highest BCUT2D eigenvalue weighted by Gasteiger charge is 2.30. The summed E-state index contributed by atoms with van der Waals surface area (Å²) >= 11 is 0. The monoisotopic (exact) mass is 422 g/mol. The van der Waals surface area contributed by atoms with E-state index in [1.54, 1.807) is 0 Å². The van der Waals surface area contributed by atoms with Crippen molar-refractivity contribution in [3.05, 3.63) is 53.7 Å². The van der Waals surface area contributed by atoms with Crippen LogP contribution in [-0.4, -0.2) is 36.8 Å². The number of carbonyl (C=O) groups is 1. The molecule has 0 spiro atoms. The molecule has 1 aromatic heterocycles. The summed E-state index contributed by atoms with van der Waals surface area (Å²) in [4.78, 5) is 15.5. The predicted octanol–water partition coefficient (Wildman–Crippen LogP) is 4.59. The number of nitrogens with one attached hydrogen (secondary N) is 1. The zero-order valence-corrected chi connectivity index (χ0v) is 14.8. The highest BCUT2D eigenvalue weighted by Crippen LogP contribution is 2.30. The molecule has 0 saturated carbocycles. The quantitative estimate of drug-likeness (QED) is 0.499. The second-order valence-corrected chi connectivity index (χ2v) is 5.79. The average molecular weight is 422 g/mol. The van der Waals surface area contributed by atoms with Gasteiger partial charge in [-0.3, -0.25) is 4.79 Å². The van der Waals surface area contributed by atoms with Crippen LogP contribution in [0.4, 0.5) is 26.3 Å². The van der Waals surface area contributed by atoms with Crippen LogP contribution in [0.3, 0.4) is 0 Å². The summed E-state index contributed by atoms with van der Waals surface area (Å²) in [6.07, 6.45) is -8.02. The Morgan fingerprint density at radius 3 is 2.24 bits per heavy atom. The molecule has 0 aliphatic rings. The minimum absolute atomic E-state index is 0.0472. The van der Waals surface area contributed by atoms with Crippen LogP contribution in [0.1, 0.15) is 22.3 Å². The Hall–Kier alpha value is -2.82. The smallest absolute Gasteiger partial charge is 0.417 e. The lowest BCUT2D eigenvalue weighted by atomic mass is 10.2. The second-order valence-electron chi connectivity index (χ2n) is 5.79. The lowest BCUT2D eigenvalue weighted by Gasteiger charge is -2.09. The summed E-state index contributed by atoms with van der Waals surface area (Å²) < 4.78 is 82.9. The minimum Gasteiger partial charge on any atom is -0.439 e. The van der Waals surface area contributed by atoms with Gasteiger partial charge in [0, 0.05) is 31.0 Å². The summed E-state index contributed by atoms with van der Waals surface area (Å²) in [7, 11) is 0. The number of hydrogen-bond acceptors (Lipinski definition) is 4. The fourth-order valence-electron chi connectivity index (χ4n) is 2.07. The Balaban J connectivity index is 1.78. The second kappa shape index (κ2) is 9.59. The summed E-state index contributed by atoms with van der Waals surface area (Å²) in [5.74, 6) is -0.233. The largest absolute Gasteiger partial charge is 0.439 e. The van der Waals surface area contributed by atoms with Crippen molar-refractivity contribution in [1.82, 2.24) is 10.3 Å². The molecule has 1 aromatic carbocycles. The van der Waals surface area contributed by atoms with E-state index < -0.39 is 30.4 Å². The molecule has 0 atom stereocenters. The van der Waals surface area contributed by atoms with Gasteiger partial charge in [-0.25, -0.2) is 4.98 Å². The van der Waals surface area contributed by atoms with Gasteiger partial charge in [-0.15, -0.1) is 0 Å². The summed E-state index contributed by atoms with van der Waals surface area (Å²) in [5, 5.41) is 2.53. The molecule has 1 N–H and O–H groups in total. The van der Waals surface area contributed by atoms with E-state index in [-0.39, 0.29) is 36.8 Å². The average Bonchev–Trinajstić information content (AvgIpc) is 2.64. The Morgan fingerprint density at radius 2 is 1.69 bits per heavy atom. The topological polar surface area (TPSA) is 60.5 Å². The van der Waals surface area contributed by atoms with Crippen LogP contribution in [0.25, 0.3) is 0 Å². The van der Waals surface area contributed by atoms with E-state index >= 15 is 0 Å². The molecule has 29 heavy (non-hydrogen) atoms. The van der Waals surface area contributed by atoms with E-state index in [1.807, 2.05) is 0 Å². The number of pyridine rings is 1. The van der Waals surface area contributed by atoms with Crippen LogP contribution < -0.4 is 10.1 Å². The van der Waals surface area contributed by atoms with Crippen LogP contribution in [0.5, 0.6) is 11.6 Å². The van der Waals surface area contributed by atoms with Crippen LogP contribution in [-0.2, 0) is 10.9 Å². The zero-order valence-electron chi connectivity index (χ0n) is 14.8. The predicted molar refractivity (Wildman–Crippen MR) is 89.6 cm³/mol. The molecule has 0 saturated heterocycles. The molecule has 11 heteroatoms. The fraction of sp³-hybridized carbons (Fsp3) is 0.333. The first kappa shape index (κ1) is 22.5. The summed E-state index contributed by atoms with van der Waals surface area (Å²) in [6.45, 7) is -1.35. The molecule has 2 rings (SSSR count). The Labute approximate surface area is 161 Å². The van der Waals surface area contributed by atoms with Crippen molar-refractivity contribution in [1.29, 1.82) is 0 Å². The third-order valence-electron chi connectivity index (χ3n) is 3.42. The highest BCUT2D eigenvalue weighted by molar-refractivity contribution is 5.94. The van der Waals surface area contributed by atoms with Crippen molar-refractivity contribution in [2.24, 2.45) is 0 Å². The first-order chi connectivity index (χ1) is 13.5. The molecule has 2 aromatic rings. The van der Waals surface area contributed by atoms with E-state index in [0.717, 1.165) is 12.1 Å². The van der Waals surface area contributed by atoms with Crippen LogP contribution in [0, 0.1) is 0 Å². The fourth-order valence-corrected chi connectivity index (χ4v) is 2.07. The van der Waals surface area contributed by atoms with Gasteiger partial charge >= 0.3 is 12.4 Å². The van der Waals surface area contributed by atoms with Gasteiger partial charge in [0.25, 0.3) is 5.91 Å². The third-order valence-corrected chi connectivity index (χ3v) is 3.42. The summed E-state index contributed by atoms with van der Waals surface area (Å²) in [5.41, 5.74) is -0.630. The Bertz CT molecular complexity index is 789. The van der Waals surface area contributed by atoms with Gasteiger partial charge in [0.1, 0.15) is 12.4 Å².